The average Bonchev–Trinajstić information content (AvgIpc) is 3.22. The number of nitrogens with zero attached hydrogens (tertiary/aromatic N) is 2. The van der Waals surface area contributed by atoms with Crippen LogP contribution in [-0.2, 0) is 6.54 Å². The monoisotopic (exact) mass is 348 g/mol. The fourth-order valence-electron chi connectivity index (χ4n) is 3.18. The fraction of sp³-hybridized carbons (Fsp3) is 0.333. The van der Waals surface area contributed by atoms with Crippen LogP contribution in [0.25, 0.3) is 0 Å². The first kappa shape index (κ1) is 17.8. The normalized spacial score (nSPS) is 14.5. The maximum absolute atomic E-state index is 12.2. The Balaban J connectivity index is 1.53. The van der Waals surface area contributed by atoms with E-state index in [1.165, 1.54) is 18.5 Å². The molecule has 0 unspecified atom stereocenters. The molecular formula is C21H24N4O. The highest BCUT2D eigenvalue weighted by Gasteiger charge is 2.15. The van der Waals surface area contributed by atoms with Crippen LogP contribution in [0.2, 0.25) is 0 Å². The lowest BCUT2D eigenvalue weighted by Gasteiger charge is -2.21. The van der Waals surface area contributed by atoms with Crippen LogP contribution < -0.4 is 15.5 Å². The van der Waals surface area contributed by atoms with E-state index in [-0.39, 0.29) is 12.1 Å². The largest absolute Gasteiger partial charge is 0.372 e. The third-order valence-corrected chi connectivity index (χ3v) is 4.73. The molecule has 3 rings (SSSR count). The van der Waals surface area contributed by atoms with Gasteiger partial charge in [-0.2, -0.15) is 5.26 Å². The zero-order chi connectivity index (χ0) is 18.4. The van der Waals surface area contributed by atoms with Gasteiger partial charge >= 0.3 is 6.03 Å². The number of nitriles is 1. The van der Waals surface area contributed by atoms with Crippen LogP contribution in [0.15, 0.2) is 48.5 Å². The van der Waals surface area contributed by atoms with E-state index in [0.29, 0.717) is 12.1 Å². The van der Waals surface area contributed by atoms with E-state index in [1.54, 1.807) is 12.1 Å². The van der Waals surface area contributed by atoms with Crippen LogP contribution in [0.3, 0.4) is 0 Å². The summed E-state index contributed by atoms with van der Waals surface area (Å²) in [5.74, 6) is 0. The molecule has 5 nitrogen and oxygen atoms in total. The molecule has 0 spiro atoms. The Bertz CT molecular complexity index is 788. The Morgan fingerprint density at radius 3 is 2.62 bits per heavy atom. The molecule has 1 aliphatic heterocycles. The number of anilines is 1. The summed E-state index contributed by atoms with van der Waals surface area (Å²) in [7, 11) is 0. The molecule has 134 valence electrons. The van der Waals surface area contributed by atoms with Gasteiger partial charge in [-0.1, -0.05) is 24.3 Å². The molecule has 1 heterocycles. The number of carbonyl (C=O) groups excluding carboxylic acids is 1. The second kappa shape index (κ2) is 8.39. The van der Waals surface area contributed by atoms with Crippen molar-refractivity contribution in [3.8, 4) is 6.07 Å². The van der Waals surface area contributed by atoms with E-state index < -0.39 is 0 Å². The van der Waals surface area contributed by atoms with Crippen molar-refractivity contribution in [1.29, 1.82) is 5.26 Å². The van der Waals surface area contributed by atoms with Crippen LogP contribution in [0.5, 0.6) is 0 Å². The van der Waals surface area contributed by atoms with Crippen LogP contribution in [0, 0.1) is 11.3 Å². The van der Waals surface area contributed by atoms with E-state index in [2.05, 4.69) is 39.8 Å². The Morgan fingerprint density at radius 1 is 1.19 bits per heavy atom. The van der Waals surface area contributed by atoms with Crippen molar-refractivity contribution in [2.45, 2.75) is 32.4 Å². The minimum absolute atomic E-state index is 0.0708. The van der Waals surface area contributed by atoms with E-state index in [0.717, 1.165) is 24.2 Å². The van der Waals surface area contributed by atoms with E-state index in [4.69, 9.17) is 5.26 Å². The Kier molecular flexibility index (Phi) is 5.75. The van der Waals surface area contributed by atoms with Gasteiger partial charge in [-0.25, -0.2) is 4.79 Å². The van der Waals surface area contributed by atoms with Gasteiger partial charge in [0, 0.05) is 25.3 Å². The van der Waals surface area contributed by atoms with Gasteiger partial charge in [-0.3, -0.25) is 0 Å². The van der Waals surface area contributed by atoms with Gasteiger partial charge in [0.2, 0.25) is 0 Å². The standard InChI is InChI=1S/C21H24N4O/c1-16(19-5-4-6-20(13-19)25-11-2-3-12-25)24-21(26)23-15-18-9-7-17(14-22)8-10-18/h4-10,13,16H,2-3,11-12,15H2,1H3,(H2,23,24,26)/t16-/m0/s1. The van der Waals surface area contributed by atoms with Gasteiger partial charge in [0.25, 0.3) is 0 Å². The molecule has 2 aromatic carbocycles. The quantitative estimate of drug-likeness (QED) is 0.865. The highest BCUT2D eigenvalue weighted by molar-refractivity contribution is 5.74. The van der Waals surface area contributed by atoms with Gasteiger partial charge < -0.3 is 15.5 Å². The number of hydrogen-bond donors (Lipinski definition) is 2. The van der Waals surface area contributed by atoms with E-state index in [1.807, 2.05) is 25.1 Å². The molecule has 2 amide bonds. The maximum atomic E-state index is 12.2. The van der Waals surface area contributed by atoms with Gasteiger partial charge in [-0.15, -0.1) is 0 Å². The van der Waals surface area contributed by atoms with Gasteiger partial charge in [-0.05, 0) is 55.2 Å². The summed E-state index contributed by atoms with van der Waals surface area (Å²) in [4.78, 5) is 14.6. The van der Waals surface area contributed by atoms with Crippen LogP contribution >= 0.6 is 0 Å². The summed E-state index contributed by atoms with van der Waals surface area (Å²) in [6.07, 6.45) is 2.49. The topological polar surface area (TPSA) is 68.2 Å². The molecule has 0 aliphatic carbocycles. The summed E-state index contributed by atoms with van der Waals surface area (Å²) in [5, 5.41) is 14.7. The molecule has 0 bridgehead atoms. The number of amides is 2. The smallest absolute Gasteiger partial charge is 0.315 e. The maximum Gasteiger partial charge on any atom is 0.315 e. The number of hydrogen-bond acceptors (Lipinski definition) is 3. The molecule has 1 atom stereocenters. The minimum Gasteiger partial charge on any atom is -0.372 e. The average molecular weight is 348 g/mol. The van der Waals surface area contributed by atoms with Crippen molar-refractivity contribution in [3.63, 3.8) is 0 Å². The lowest BCUT2D eigenvalue weighted by atomic mass is 10.1. The highest BCUT2D eigenvalue weighted by Crippen LogP contribution is 2.23. The first-order chi connectivity index (χ1) is 12.7. The van der Waals surface area contributed by atoms with Gasteiger partial charge in [0.1, 0.15) is 0 Å². The summed E-state index contributed by atoms with van der Waals surface area (Å²) in [6.45, 7) is 4.63. The lowest BCUT2D eigenvalue weighted by Crippen LogP contribution is -2.36. The van der Waals surface area contributed by atoms with Crippen LogP contribution in [0.1, 0.15) is 42.5 Å². The van der Waals surface area contributed by atoms with Crippen molar-refractivity contribution < 1.29 is 4.79 Å². The SMILES string of the molecule is C[C@H](NC(=O)NCc1ccc(C#N)cc1)c1cccc(N2CCCC2)c1. The Hall–Kier alpha value is -3.00. The number of benzene rings is 2. The predicted octanol–water partition coefficient (Wildman–Crippen LogP) is 3.72. The second-order valence-corrected chi connectivity index (χ2v) is 6.65. The fourth-order valence-corrected chi connectivity index (χ4v) is 3.18. The first-order valence-electron chi connectivity index (χ1n) is 9.04. The molecule has 2 N–H and O–H groups in total. The summed E-state index contributed by atoms with van der Waals surface area (Å²) in [5.41, 5.74) is 3.90. The van der Waals surface area contributed by atoms with Crippen molar-refractivity contribution in [1.82, 2.24) is 10.6 Å². The number of urea groups is 1. The predicted molar refractivity (Wildman–Crippen MR) is 103 cm³/mol. The Labute approximate surface area is 154 Å². The molecule has 2 aromatic rings. The third-order valence-electron chi connectivity index (χ3n) is 4.73. The zero-order valence-electron chi connectivity index (χ0n) is 15.0. The Morgan fingerprint density at radius 2 is 1.92 bits per heavy atom. The summed E-state index contributed by atoms with van der Waals surface area (Å²) in [6, 6.07) is 17.4. The molecule has 26 heavy (non-hydrogen) atoms. The van der Waals surface area contributed by atoms with E-state index >= 15 is 0 Å². The molecule has 1 fully saturated rings. The van der Waals surface area contributed by atoms with Gasteiger partial charge in [0.05, 0.1) is 17.7 Å². The molecule has 5 heteroatoms. The first-order valence-corrected chi connectivity index (χ1v) is 9.04. The van der Waals surface area contributed by atoms with Crippen LogP contribution in [-0.4, -0.2) is 19.1 Å². The van der Waals surface area contributed by atoms with Crippen molar-refractivity contribution in [2.75, 3.05) is 18.0 Å². The molecular weight excluding hydrogens is 324 g/mol. The van der Waals surface area contributed by atoms with Crippen LogP contribution in [0.4, 0.5) is 10.5 Å². The third kappa shape index (κ3) is 4.54. The number of nitrogens with one attached hydrogen (secondary N) is 2. The molecule has 0 saturated carbocycles. The van der Waals surface area contributed by atoms with Gasteiger partial charge in [0.15, 0.2) is 0 Å². The van der Waals surface area contributed by atoms with Crippen molar-refractivity contribution >= 4 is 11.7 Å². The molecule has 0 aromatic heterocycles. The number of rotatable bonds is 5. The molecule has 1 saturated heterocycles. The zero-order valence-corrected chi connectivity index (χ0v) is 15.0. The second-order valence-electron chi connectivity index (χ2n) is 6.65. The number of carbonyl (C=O) groups is 1. The molecule has 1 aliphatic rings. The van der Waals surface area contributed by atoms with Crippen molar-refractivity contribution in [3.05, 3.63) is 65.2 Å². The lowest BCUT2D eigenvalue weighted by molar-refractivity contribution is 0.237. The van der Waals surface area contributed by atoms with Crippen molar-refractivity contribution in [2.24, 2.45) is 0 Å². The summed E-state index contributed by atoms with van der Waals surface area (Å²) >= 11 is 0. The minimum atomic E-state index is -0.201. The summed E-state index contributed by atoms with van der Waals surface area (Å²) < 4.78 is 0. The highest BCUT2D eigenvalue weighted by atomic mass is 16.2. The molecule has 0 radical (unpaired) electrons. The van der Waals surface area contributed by atoms with E-state index in [9.17, 15) is 4.79 Å².